The molecule has 104 valence electrons. The van der Waals surface area contributed by atoms with E-state index in [9.17, 15) is 0 Å². The van der Waals surface area contributed by atoms with Crippen LogP contribution in [0.25, 0.3) is 0 Å². The minimum absolute atomic E-state index is 0.145. The van der Waals surface area contributed by atoms with Crippen LogP contribution in [0.3, 0.4) is 0 Å². The first-order valence-electron chi connectivity index (χ1n) is 6.58. The van der Waals surface area contributed by atoms with E-state index in [0.717, 1.165) is 19.4 Å². The lowest BCUT2D eigenvalue weighted by molar-refractivity contribution is 0.0117. The minimum atomic E-state index is -0.145. The molecule has 0 aliphatic carbocycles. The zero-order chi connectivity index (χ0) is 13.0. The van der Waals surface area contributed by atoms with Crippen LogP contribution in [0.15, 0.2) is 0 Å². The average molecular weight is 247 g/mol. The SMILES string of the molecule is CCCCOCCOCCOCCC(C)(C)N. The largest absolute Gasteiger partial charge is 0.379 e. The Balaban J connectivity index is 2.99. The topological polar surface area (TPSA) is 53.7 Å². The van der Waals surface area contributed by atoms with Crippen molar-refractivity contribution < 1.29 is 14.2 Å². The maximum Gasteiger partial charge on any atom is 0.0701 e. The third-order valence-corrected chi connectivity index (χ3v) is 2.28. The highest BCUT2D eigenvalue weighted by molar-refractivity contribution is 4.70. The summed E-state index contributed by atoms with van der Waals surface area (Å²) >= 11 is 0. The highest BCUT2D eigenvalue weighted by Crippen LogP contribution is 2.02. The molecule has 0 radical (unpaired) electrons. The monoisotopic (exact) mass is 247 g/mol. The van der Waals surface area contributed by atoms with Crippen molar-refractivity contribution in [2.45, 2.75) is 45.6 Å². The number of hydrogen-bond acceptors (Lipinski definition) is 4. The highest BCUT2D eigenvalue weighted by Gasteiger charge is 2.09. The molecule has 0 aromatic rings. The van der Waals surface area contributed by atoms with E-state index < -0.39 is 0 Å². The van der Waals surface area contributed by atoms with Gasteiger partial charge in [-0.25, -0.2) is 0 Å². The summed E-state index contributed by atoms with van der Waals surface area (Å²) in [6, 6.07) is 0. The first-order chi connectivity index (χ1) is 8.06. The molecule has 0 amide bonds. The molecule has 0 unspecified atom stereocenters. The lowest BCUT2D eigenvalue weighted by Gasteiger charge is -2.17. The highest BCUT2D eigenvalue weighted by atomic mass is 16.5. The molecule has 4 heteroatoms. The van der Waals surface area contributed by atoms with Crippen LogP contribution in [0.2, 0.25) is 0 Å². The van der Waals surface area contributed by atoms with Gasteiger partial charge in [-0.05, 0) is 26.7 Å². The fourth-order valence-corrected chi connectivity index (χ4v) is 1.12. The summed E-state index contributed by atoms with van der Waals surface area (Å²) in [6.45, 7) is 10.3. The fraction of sp³-hybridized carbons (Fsp3) is 1.00. The standard InChI is InChI=1S/C13H29NO3/c1-4-5-7-15-9-11-17-12-10-16-8-6-13(2,3)14/h4-12,14H2,1-3H3. The first kappa shape index (κ1) is 16.8. The first-order valence-corrected chi connectivity index (χ1v) is 6.58. The minimum Gasteiger partial charge on any atom is -0.379 e. The third-order valence-electron chi connectivity index (χ3n) is 2.28. The van der Waals surface area contributed by atoms with Crippen molar-refractivity contribution in [3.05, 3.63) is 0 Å². The van der Waals surface area contributed by atoms with Crippen LogP contribution in [-0.2, 0) is 14.2 Å². The van der Waals surface area contributed by atoms with Crippen molar-refractivity contribution in [2.24, 2.45) is 5.73 Å². The van der Waals surface area contributed by atoms with Gasteiger partial charge in [0.1, 0.15) is 0 Å². The number of ether oxygens (including phenoxy) is 3. The van der Waals surface area contributed by atoms with Crippen LogP contribution < -0.4 is 5.73 Å². The molecule has 0 saturated heterocycles. The van der Waals surface area contributed by atoms with Crippen LogP contribution in [-0.4, -0.2) is 45.2 Å². The van der Waals surface area contributed by atoms with E-state index in [2.05, 4.69) is 6.92 Å². The number of unbranched alkanes of at least 4 members (excludes halogenated alkanes) is 1. The molecule has 0 aliphatic heterocycles. The Hall–Kier alpha value is -0.160. The quantitative estimate of drug-likeness (QED) is 0.536. The number of rotatable bonds is 12. The van der Waals surface area contributed by atoms with Gasteiger partial charge in [-0.1, -0.05) is 13.3 Å². The van der Waals surface area contributed by atoms with E-state index >= 15 is 0 Å². The van der Waals surface area contributed by atoms with Crippen LogP contribution in [0.5, 0.6) is 0 Å². The second kappa shape index (κ2) is 11.0. The smallest absolute Gasteiger partial charge is 0.0701 e. The summed E-state index contributed by atoms with van der Waals surface area (Å²) in [4.78, 5) is 0. The van der Waals surface area contributed by atoms with Crippen LogP contribution in [0, 0.1) is 0 Å². The summed E-state index contributed by atoms with van der Waals surface area (Å²) in [7, 11) is 0. The zero-order valence-electron chi connectivity index (χ0n) is 11.7. The average Bonchev–Trinajstić information content (AvgIpc) is 2.24. The Morgan fingerprint density at radius 1 is 0.824 bits per heavy atom. The maximum absolute atomic E-state index is 5.83. The predicted octanol–water partition coefficient (Wildman–Crippen LogP) is 1.96. The second-order valence-corrected chi connectivity index (χ2v) is 4.93. The van der Waals surface area contributed by atoms with Gasteiger partial charge in [-0.3, -0.25) is 0 Å². The van der Waals surface area contributed by atoms with Crippen molar-refractivity contribution in [3.63, 3.8) is 0 Å². The van der Waals surface area contributed by atoms with E-state index in [1.165, 1.54) is 6.42 Å². The molecule has 0 spiro atoms. The fourth-order valence-electron chi connectivity index (χ4n) is 1.12. The number of nitrogens with two attached hydrogens (primary N) is 1. The predicted molar refractivity (Wildman–Crippen MR) is 70.2 cm³/mol. The van der Waals surface area contributed by atoms with Gasteiger partial charge in [0.2, 0.25) is 0 Å². The molecule has 0 aromatic carbocycles. The molecule has 17 heavy (non-hydrogen) atoms. The molecule has 2 N–H and O–H groups in total. The molecule has 4 nitrogen and oxygen atoms in total. The maximum atomic E-state index is 5.83. The zero-order valence-corrected chi connectivity index (χ0v) is 11.7. The van der Waals surface area contributed by atoms with Crippen molar-refractivity contribution in [1.82, 2.24) is 0 Å². The Morgan fingerprint density at radius 3 is 1.76 bits per heavy atom. The van der Waals surface area contributed by atoms with Gasteiger partial charge >= 0.3 is 0 Å². The summed E-state index contributed by atoms with van der Waals surface area (Å²) in [5, 5.41) is 0. The summed E-state index contributed by atoms with van der Waals surface area (Å²) in [6.07, 6.45) is 3.16. The summed E-state index contributed by atoms with van der Waals surface area (Å²) < 4.78 is 16.1. The van der Waals surface area contributed by atoms with Crippen LogP contribution in [0.4, 0.5) is 0 Å². The van der Waals surface area contributed by atoms with E-state index in [4.69, 9.17) is 19.9 Å². The molecular formula is C13H29NO3. The van der Waals surface area contributed by atoms with Gasteiger partial charge < -0.3 is 19.9 Å². The molecule has 0 bridgehead atoms. The van der Waals surface area contributed by atoms with E-state index in [1.54, 1.807) is 0 Å². The Bertz CT molecular complexity index is 157. The summed E-state index contributed by atoms with van der Waals surface area (Å²) in [5.41, 5.74) is 5.68. The molecule has 0 atom stereocenters. The van der Waals surface area contributed by atoms with Gasteiger partial charge in [-0.15, -0.1) is 0 Å². The van der Waals surface area contributed by atoms with Crippen molar-refractivity contribution in [3.8, 4) is 0 Å². The van der Waals surface area contributed by atoms with Crippen molar-refractivity contribution in [2.75, 3.05) is 39.6 Å². The molecule has 0 heterocycles. The van der Waals surface area contributed by atoms with Crippen molar-refractivity contribution in [1.29, 1.82) is 0 Å². The normalized spacial score (nSPS) is 12.0. The van der Waals surface area contributed by atoms with Crippen LogP contribution >= 0.6 is 0 Å². The lowest BCUT2D eigenvalue weighted by Crippen LogP contribution is -2.33. The van der Waals surface area contributed by atoms with E-state index in [-0.39, 0.29) is 5.54 Å². The molecule has 0 aliphatic rings. The third kappa shape index (κ3) is 15.8. The molecule has 0 fully saturated rings. The molecule has 0 saturated carbocycles. The Labute approximate surface area is 106 Å². The van der Waals surface area contributed by atoms with Crippen molar-refractivity contribution >= 4 is 0 Å². The van der Waals surface area contributed by atoms with Crippen LogP contribution in [0.1, 0.15) is 40.0 Å². The summed E-state index contributed by atoms with van der Waals surface area (Å²) in [5.74, 6) is 0. The molecular weight excluding hydrogens is 218 g/mol. The Morgan fingerprint density at radius 2 is 1.29 bits per heavy atom. The van der Waals surface area contributed by atoms with Gasteiger partial charge in [-0.2, -0.15) is 0 Å². The second-order valence-electron chi connectivity index (χ2n) is 4.93. The lowest BCUT2D eigenvalue weighted by atomic mass is 10.0. The van der Waals surface area contributed by atoms with Gasteiger partial charge in [0.05, 0.1) is 26.4 Å². The molecule has 0 rings (SSSR count). The van der Waals surface area contributed by atoms with Gasteiger partial charge in [0.25, 0.3) is 0 Å². The van der Waals surface area contributed by atoms with Gasteiger partial charge in [0, 0.05) is 18.8 Å². The number of hydrogen-bond donors (Lipinski definition) is 1. The van der Waals surface area contributed by atoms with E-state index in [0.29, 0.717) is 33.0 Å². The van der Waals surface area contributed by atoms with E-state index in [1.807, 2.05) is 13.8 Å². The Kier molecular flexibility index (Phi) is 10.9. The van der Waals surface area contributed by atoms with Gasteiger partial charge in [0.15, 0.2) is 0 Å². The molecule has 0 aromatic heterocycles.